The number of methoxy groups -OCH3 is 1. The molecule has 3 aromatic rings. The smallest absolute Gasteiger partial charge is 0.312 e. The third-order valence-corrected chi connectivity index (χ3v) is 5.87. The van der Waals surface area contributed by atoms with Gasteiger partial charge in [-0.2, -0.15) is 0 Å². The fourth-order valence-corrected chi connectivity index (χ4v) is 4.17. The Morgan fingerprint density at radius 1 is 1.06 bits per heavy atom. The summed E-state index contributed by atoms with van der Waals surface area (Å²) in [7, 11) is 1.58. The summed E-state index contributed by atoms with van der Waals surface area (Å²) < 4.78 is 16.6. The van der Waals surface area contributed by atoms with Crippen molar-refractivity contribution in [1.29, 1.82) is 0 Å². The molecule has 5 rings (SSSR count). The normalized spacial score (nSPS) is 18.1. The van der Waals surface area contributed by atoms with Crippen LogP contribution in [0.15, 0.2) is 60.4 Å². The molecule has 0 saturated heterocycles. The third kappa shape index (κ3) is 3.39. The Kier molecular flexibility index (Phi) is 4.87. The lowest BCUT2D eigenvalue weighted by molar-refractivity contribution is -0.135. The van der Waals surface area contributed by atoms with Gasteiger partial charge in [-0.3, -0.25) is 9.59 Å². The molecule has 2 heterocycles. The van der Waals surface area contributed by atoms with Gasteiger partial charge in [-0.25, -0.2) is 0 Å². The predicted octanol–water partition coefficient (Wildman–Crippen LogP) is 5.11. The fraction of sp³-hybridized carbons (Fsp3) is 0.120. The lowest BCUT2D eigenvalue weighted by atomic mass is 9.84. The van der Waals surface area contributed by atoms with Crippen molar-refractivity contribution in [2.45, 2.75) is 12.3 Å². The number of allylic oxidation sites excluding steroid dienone is 1. The minimum Gasteiger partial charge on any atom is -0.506 e. The van der Waals surface area contributed by atoms with Crippen molar-refractivity contribution in [2.24, 2.45) is 0 Å². The molecule has 32 heavy (non-hydrogen) atoms. The summed E-state index contributed by atoms with van der Waals surface area (Å²) in [6.45, 7) is 0. The molecule has 0 unspecified atom stereocenters. The van der Waals surface area contributed by atoms with Crippen molar-refractivity contribution in [2.75, 3.05) is 7.11 Å². The molecule has 2 aliphatic heterocycles. The zero-order chi connectivity index (χ0) is 22.4. The highest BCUT2D eigenvalue weighted by molar-refractivity contribution is 6.32. The van der Waals surface area contributed by atoms with E-state index in [9.17, 15) is 14.7 Å². The number of Topliss-reactive ketones (excluding diaryl/α,β-unsaturated/α-hetero) is 1. The van der Waals surface area contributed by atoms with Crippen molar-refractivity contribution >= 4 is 29.4 Å². The lowest BCUT2D eigenvalue weighted by Crippen LogP contribution is -2.21. The Balaban J connectivity index is 1.58. The molecular weight excluding hydrogens is 432 g/mol. The molecule has 0 saturated carbocycles. The van der Waals surface area contributed by atoms with Gasteiger partial charge in [0.2, 0.25) is 5.78 Å². The van der Waals surface area contributed by atoms with Crippen LogP contribution in [0.5, 0.6) is 23.0 Å². The Bertz CT molecular complexity index is 1290. The number of halogens is 1. The topological polar surface area (TPSA) is 82.1 Å². The first kappa shape index (κ1) is 20.2. The fourth-order valence-electron chi connectivity index (χ4n) is 3.98. The number of aromatic hydroxyl groups is 1. The van der Waals surface area contributed by atoms with Crippen LogP contribution >= 0.6 is 11.6 Å². The predicted molar refractivity (Wildman–Crippen MR) is 118 cm³/mol. The van der Waals surface area contributed by atoms with Crippen LogP contribution in [-0.2, 0) is 4.79 Å². The van der Waals surface area contributed by atoms with Gasteiger partial charge in [-0.05, 0) is 53.6 Å². The van der Waals surface area contributed by atoms with E-state index in [0.717, 1.165) is 5.56 Å². The molecule has 0 aromatic heterocycles. The molecule has 7 heteroatoms. The molecule has 0 fully saturated rings. The van der Waals surface area contributed by atoms with Crippen LogP contribution in [0.2, 0.25) is 5.02 Å². The van der Waals surface area contributed by atoms with Crippen LogP contribution in [0.3, 0.4) is 0 Å². The average Bonchev–Trinajstić information content (AvgIpc) is 3.10. The number of carbonyl (C=O) groups is 2. The monoisotopic (exact) mass is 448 g/mol. The van der Waals surface area contributed by atoms with Gasteiger partial charge in [0.25, 0.3) is 0 Å². The average molecular weight is 449 g/mol. The number of hydrogen-bond acceptors (Lipinski definition) is 6. The molecule has 0 aliphatic carbocycles. The van der Waals surface area contributed by atoms with Crippen molar-refractivity contribution in [3.63, 3.8) is 0 Å². The van der Waals surface area contributed by atoms with Gasteiger partial charge in [-0.1, -0.05) is 29.8 Å². The molecule has 0 amide bonds. The van der Waals surface area contributed by atoms with Crippen molar-refractivity contribution < 1.29 is 28.9 Å². The summed E-state index contributed by atoms with van der Waals surface area (Å²) >= 11 is 6.10. The lowest BCUT2D eigenvalue weighted by Gasteiger charge is -2.26. The molecular formula is C25H17ClO6. The minimum atomic E-state index is -0.438. The highest BCUT2D eigenvalue weighted by Gasteiger charge is 2.38. The zero-order valence-corrected chi connectivity index (χ0v) is 17.7. The number of phenols is 1. The van der Waals surface area contributed by atoms with E-state index < -0.39 is 11.9 Å². The van der Waals surface area contributed by atoms with Gasteiger partial charge < -0.3 is 19.3 Å². The maximum Gasteiger partial charge on any atom is 0.312 e. The summed E-state index contributed by atoms with van der Waals surface area (Å²) in [4.78, 5) is 25.3. The van der Waals surface area contributed by atoms with Gasteiger partial charge >= 0.3 is 5.97 Å². The SMILES string of the molecule is COc1ccc(/C=C2\Oc3c(ccc4c3[C@H](c3ccc(O)c(Cl)c3)CC(=O)O4)C2=O)cc1. The highest BCUT2D eigenvalue weighted by atomic mass is 35.5. The minimum absolute atomic E-state index is 0.0524. The summed E-state index contributed by atoms with van der Waals surface area (Å²) in [5.41, 5.74) is 2.50. The highest BCUT2D eigenvalue weighted by Crippen LogP contribution is 2.49. The van der Waals surface area contributed by atoms with Crippen LogP contribution in [-0.4, -0.2) is 24.0 Å². The molecule has 1 atom stereocenters. The van der Waals surface area contributed by atoms with E-state index in [4.69, 9.17) is 25.8 Å². The van der Waals surface area contributed by atoms with E-state index >= 15 is 0 Å². The van der Waals surface area contributed by atoms with Crippen LogP contribution < -0.4 is 14.2 Å². The summed E-state index contributed by atoms with van der Waals surface area (Å²) in [6.07, 6.45) is 1.72. The molecule has 6 nitrogen and oxygen atoms in total. The molecule has 0 bridgehead atoms. The summed E-state index contributed by atoms with van der Waals surface area (Å²) in [5.74, 6) is 0.457. The molecule has 3 aromatic carbocycles. The van der Waals surface area contributed by atoms with Crippen molar-refractivity contribution in [1.82, 2.24) is 0 Å². The standard InChI is InChI=1S/C25H17ClO6/c1-30-15-5-2-13(3-6-15)10-21-24(29)16-7-9-20-23(25(16)32-21)17(12-22(28)31-20)14-4-8-19(27)18(26)11-14/h2-11,17,27H,12H2,1H3/b21-10-/t17-/m0/s1. The number of rotatable bonds is 3. The largest absolute Gasteiger partial charge is 0.506 e. The number of esters is 1. The summed E-state index contributed by atoms with van der Waals surface area (Å²) in [6, 6.07) is 15.2. The van der Waals surface area contributed by atoms with Crippen molar-refractivity contribution in [3.05, 3.63) is 87.6 Å². The molecule has 2 aliphatic rings. The van der Waals surface area contributed by atoms with Gasteiger partial charge in [0.05, 0.1) is 24.1 Å². The quantitative estimate of drug-likeness (QED) is 0.340. The molecule has 160 valence electrons. The number of phenolic OH excluding ortho intramolecular Hbond substituents is 1. The molecule has 0 radical (unpaired) electrons. The van der Waals surface area contributed by atoms with Gasteiger partial charge in [0.15, 0.2) is 5.76 Å². The van der Waals surface area contributed by atoms with Crippen LogP contribution in [0.25, 0.3) is 6.08 Å². The Hall–Kier alpha value is -3.77. The Morgan fingerprint density at radius 3 is 2.56 bits per heavy atom. The number of hydrogen-bond donors (Lipinski definition) is 1. The number of ketones is 1. The van der Waals surface area contributed by atoms with E-state index in [0.29, 0.717) is 33.9 Å². The van der Waals surface area contributed by atoms with E-state index in [1.54, 1.807) is 49.6 Å². The van der Waals surface area contributed by atoms with E-state index in [1.165, 1.54) is 6.07 Å². The van der Waals surface area contributed by atoms with Crippen molar-refractivity contribution in [3.8, 4) is 23.0 Å². The molecule has 1 N–H and O–H groups in total. The maximum atomic E-state index is 13.0. The van der Waals surface area contributed by atoms with Crippen LogP contribution in [0, 0.1) is 0 Å². The maximum absolute atomic E-state index is 13.0. The zero-order valence-electron chi connectivity index (χ0n) is 16.9. The first-order valence-corrected chi connectivity index (χ1v) is 10.3. The van der Waals surface area contributed by atoms with E-state index in [-0.39, 0.29) is 28.7 Å². The van der Waals surface area contributed by atoms with Crippen LogP contribution in [0.4, 0.5) is 0 Å². The molecule has 0 spiro atoms. The Labute approximate surface area is 188 Å². The van der Waals surface area contributed by atoms with Gasteiger partial charge in [0, 0.05) is 11.5 Å². The first-order chi connectivity index (χ1) is 15.4. The first-order valence-electron chi connectivity index (χ1n) is 9.89. The number of fused-ring (bicyclic) bond motifs is 3. The van der Waals surface area contributed by atoms with Gasteiger partial charge in [-0.15, -0.1) is 0 Å². The third-order valence-electron chi connectivity index (χ3n) is 5.57. The number of carbonyl (C=O) groups excluding carboxylic acids is 2. The van der Waals surface area contributed by atoms with Gasteiger partial charge in [0.1, 0.15) is 23.0 Å². The second kappa shape index (κ2) is 7.73. The Morgan fingerprint density at radius 2 is 1.84 bits per heavy atom. The second-order valence-electron chi connectivity index (χ2n) is 7.51. The van der Waals surface area contributed by atoms with Crippen LogP contribution in [0.1, 0.15) is 39.4 Å². The second-order valence-corrected chi connectivity index (χ2v) is 7.92. The number of ether oxygens (including phenoxy) is 3. The van der Waals surface area contributed by atoms with E-state index in [2.05, 4.69) is 0 Å². The summed E-state index contributed by atoms with van der Waals surface area (Å²) in [5, 5.41) is 9.95. The number of benzene rings is 3. The van der Waals surface area contributed by atoms with E-state index in [1.807, 2.05) is 12.1 Å².